The Morgan fingerprint density at radius 1 is 1.24 bits per heavy atom. The van der Waals surface area contributed by atoms with Crippen molar-refractivity contribution in [1.29, 1.82) is 0 Å². The third kappa shape index (κ3) is 4.17. The van der Waals surface area contributed by atoms with E-state index < -0.39 is 10.0 Å². The summed E-state index contributed by atoms with van der Waals surface area (Å²) in [6.07, 6.45) is 3.21. The number of hydrogen-bond acceptors (Lipinski definition) is 4. The van der Waals surface area contributed by atoms with E-state index >= 15 is 0 Å². The SMILES string of the molecule is CCOc1ccc(Cl)cc1S(=O)(=O)NCc1ccncc1. The summed E-state index contributed by atoms with van der Waals surface area (Å²) in [6, 6.07) is 8.00. The van der Waals surface area contributed by atoms with Gasteiger partial charge in [0.1, 0.15) is 10.6 Å². The highest BCUT2D eigenvalue weighted by atomic mass is 35.5. The largest absolute Gasteiger partial charge is 0.492 e. The molecule has 0 amide bonds. The average Bonchev–Trinajstić information content (AvgIpc) is 2.48. The van der Waals surface area contributed by atoms with Gasteiger partial charge in [-0.15, -0.1) is 0 Å². The van der Waals surface area contributed by atoms with Gasteiger partial charge in [-0.25, -0.2) is 13.1 Å². The number of hydrogen-bond donors (Lipinski definition) is 1. The van der Waals surface area contributed by atoms with Crippen LogP contribution in [0.2, 0.25) is 5.02 Å². The van der Waals surface area contributed by atoms with Crippen molar-refractivity contribution in [2.24, 2.45) is 0 Å². The zero-order valence-electron chi connectivity index (χ0n) is 11.4. The molecule has 5 nitrogen and oxygen atoms in total. The number of pyridine rings is 1. The molecule has 0 spiro atoms. The molecule has 1 heterocycles. The van der Waals surface area contributed by atoms with Crippen LogP contribution in [0.1, 0.15) is 12.5 Å². The van der Waals surface area contributed by atoms with Gasteiger partial charge in [-0.05, 0) is 42.8 Å². The second-order valence-electron chi connectivity index (χ2n) is 4.20. The molecule has 1 N–H and O–H groups in total. The van der Waals surface area contributed by atoms with Crippen LogP contribution in [0.3, 0.4) is 0 Å². The lowest BCUT2D eigenvalue weighted by molar-refractivity contribution is 0.331. The van der Waals surface area contributed by atoms with Gasteiger partial charge in [0.05, 0.1) is 6.61 Å². The predicted molar refractivity (Wildman–Crippen MR) is 80.9 cm³/mol. The van der Waals surface area contributed by atoms with Crippen molar-refractivity contribution in [3.63, 3.8) is 0 Å². The molecule has 0 radical (unpaired) electrons. The molecule has 1 aromatic heterocycles. The molecule has 0 aliphatic rings. The Balaban J connectivity index is 2.24. The maximum absolute atomic E-state index is 12.4. The highest BCUT2D eigenvalue weighted by Crippen LogP contribution is 2.27. The summed E-state index contributed by atoms with van der Waals surface area (Å²) < 4.78 is 32.6. The molecule has 2 aromatic rings. The fourth-order valence-electron chi connectivity index (χ4n) is 1.72. The number of nitrogens with zero attached hydrogens (tertiary/aromatic N) is 1. The second kappa shape index (κ2) is 6.89. The van der Waals surface area contributed by atoms with E-state index in [0.29, 0.717) is 11.6 Å². The van der Waals surface area contributed by atoms with E-state index in [1.54, 1.807) is 43.6 Å². The van der Waals surface area contributed by atoms with Crippen LogP contribution < -0.4 is 9.46 Å². The quantitative estimate of drug-likeness (QED) is 0.886. The topological polar surface area (TPSA) is 68.3 Å². The Bertz CT molecular complexity index is 705. The number of aromatic nitrogens is 1. The van der Waals surface area contributed by atoms with E-state index in [2.05, 4.69) is 9.71 Å². The van der Waals surface area contributed by atoms with E-state index in [0.717, 1.165) is 5.56 Å². The number of benzene rings is 1. The Hall–Kier alpha value is -1.63. The van der Waals surface area contributed by atoms with Crippen molar-refractivity contribution in [2.45, 2.75) is 18.4 Å². The third-order valence-electron chi connectivity index (χ3n) is 2.71. The second-order valence-corrected chi connectivity index (χ2v) is 6.38. The molecule has 0 saturated heterocycles. The summed E-state index contributed by atoms with van der Waals surface area (Å²) in [5.74, 6) is 0.282. The summed E-state index contributed by atoms with van der Waals surface area (Å²) in [6.45, 7) is 2.33. The van der Waals surface area contributed by atoms with Crippen molar-refractivity contribution in [2.75, 3.05) is 6.61 Å². The first-order chi connectivity index (χ1) is 10.0. The highest BCUT2D eigenvalue weighted by molar-refractivity contribution is 7.89. The van der Waals surface area contributed by atoms with Gasteiger partial charge in [-0.2, -0.15) is 0 Å². The molecule has 7 heteroatoms. The van der Waals surface area contributed by atoms with Crippen LogP contribution in [0.25, 0.3) is 0 Å². The zero-order valence-corrected chi connectivity index (χ0v) is 13.0. The van der Waals surface area contributed by atoms with E-state index in [-0.39, 0.29) is 17.2 Å². The Kier molecular flexibility index (Phi) is 5.17. The van der Waals surface area contributed by atoms with Gasteiger partial charge in [0.15, 0.2) is 0 Å². The summed E-state index contributed by atoms with van der Waals surface area (Å²) in [5, 5.41) is 0.336. The maximum Gasteiger partial charge on any atom is 0.244 e. The third-order valence-corrected chi connectivity index (χ3v) is 4.37. The van der Waals surface area contributed by atoms with Gasteiger partial charge >= 0.3 is 0 Å². The molecular formula is C14H15ClN2O3S. The normalized spacial score (nSPS) is 11.3. The number of halogens is 1. The summed E-state index contributed by atoms with van der Waals surface area (Å²) in [7, 11) is -3.71. The first kappa shape index (κ1) is 15.8. The monoisotopic (exact) mass is 326 g/mol. The summed E-state index contributed by atoms with van der Waals surface area (Å²) in [5.41, 5.74) is 0.813. The van der Waals surface area contributed by atoms with Gasteiger partial charge in [-0.1, -0.05) is 11.6 Å². The van der Waals surface area contributed by atoms with E-state index in [1.807, 2.05) is 0 Å². The molecule has 0 fully saturated rings. The highest BCUT2D eigenvalue weighted by Gasteiger charge is 2.20. The van der Waals surface area contributed by atoms with Crippen LogP contribution in [-0.4, -0.2) is 20.0 Å². The van der Waals surface area contributed by atoms with Gasteiger partial charge < -0.3 is 4.74 Å². The van der Waals surface area contributed by atoms with Crippen molar-refractivity contribution >= 4 is 21.6 Å². The molecule has 2 rings (SSSR count). The lowest BCUT2D eigenvalue weighted by Gasteiger charge is -2.12. The molecule has 21 heavy (non-hydrogen) atoms. The first-order valence-electron chi connectivity index (χ1n) is 6.34. The van der Waals surface area contributed by atoms with Gasteiger partial charge in [0, 0.05) is 24.0 Å². The minimum absolute atomic E-state index is 0.0332. The number of nitrogens with one attached hydrogen (secondary N) is 1. The van der Waals surface area contributed by atoms with Crippen LogP contribution in [0.5, 0.6) is 5.75 Å². The van der Waals surface area contributed by atoms with Crippen LogP contribution in [0, 0.1) is 0 Å². The Labute approximate surface area is 129 Å². The van der Waals surface area contributed by atoms with Crippen LogP contribution in [0.15, 0.2) is 47.6 Å². The lowest BCUT2D eigenvalue weighted by Crippen LogP contribution is -2.24. The van der Waals surface area contributed by atoms with Gasteiger partial charge in [0.2, 0.25) is 10.0 Å². The Morgan fingerprint density at radius 2 is 1.95 bits per heavy atom. The molecule has 0 unspecified atom stereocenters. The smallest absolute Gasteiger partial charge is 0.244 e. The number of sulfonamides is 1. The minimum atomic E-state index is -3.71. The van der Waals surface area contributed by atoms with Crippen molar-refractivity contribution in [1.82, 2.24) is 9.71 Å². The predicted octanol–water partition coefficient (Wildman–Crippen LogP) is 2.61. The van der Waals surface area contributed by atoms with Crippen molar-refractivity contribution in [3.05, 3.63) is 53.3 Å². The van der Waals surface area contributed by atoms with Gasteiger partial charge in [-0.3, -0.25) is 4.98 Å². The zero-order chi connectivity index (χ0) is 15.3. The lowest BCUT2D eigenvalue weighted by atomic mass is 10.3. The first-order valence-corrected chi connectivity index (χ1v) is 8.20. The Morgan fingerprint density at radius 3 is 2.62 bits per heavy atom. The van der Waals surface area contributed by atoms with Crippen molar-refractivity contribution < 1.29 is 13.2 Å². The van der Waals surface area contributed by atoms with Gasteiger partial charge in [0.25, 0.3) is 0 Å². The number of rotatable bonds is 6. The van der Waals surface area contributed by atoms with E-state index in [1.165, 1.54) is 6.07 Å². The van der Waals surface area contributed by atoms with Crippen LogP contribution >= 0.6 is 11.6 Å². The van der Waals surface area contributed by atoms with Crippen molar-refractivity contribution in [3.8, 4) is 5.75 Å². The average molecular weight is 327 g/mol. The molecule has 0 saturated carbocycles. The van der Waals surface area contributed by atoms with E-state index in [9.17, 15) is 8.42 Å². The fourth-order valence-corrected chi connectivity index (χ4v) is 3.15. The molecular weight excluding hydrogens is 312 g/mol. The standard InChI is InChI=1S/C14H15ClN2O3S/c1-2-20-13-4-3-12(15)9-14(13)21(18,19)17-10-11-5-7-16-8-6-11/h3-9,17H,2,10H2,1H3. The molecule has 0 aliphatic heterocycles. The molecule has 0 bridgehead atoms. The van der Waals surface area contributed by atoms with Crippen LogP contribution in [-0.2, 0) is 16.6 Å². The summed E-state index contributed by atoms with van der Waals surface area (Å²) in [4.78, 5) is 3.92. The molecule has 1 aromatic carbocycles. The maximum atomic E-state index is 12.4. The molecule has 112 valence electrons. The minimum Gasteiger partial charge on any atom is -0.492 e. The summed E-state index contributed by atoms with van der Waals surface area (Å²) >= 11 is 5.88. The molecule has 0 aliphatic carbocycles. The molecule has 0 atom stereocenters. The number of ether oxygens (including phenoxy) is 1. The fraction of sp³-hybridized carbons (Fsp3) is 0.214. The van der Waals surface area contributed by atoms with Crippen LogP contribution in [0.4, 0.5) is 0 Å². The van der Waals surface area contributed by atoms with E-state index in [4.69, 9.17) is 16.3 Å².